The first kappa shape index (κ1) is 9.80. The van der Waals surface area contributed by atoms with Crippen LogP contribution in [0.3, 0.4) is 0 Å². The summed E-state index contributed by atoms with van der Waals surface area (Å²) >= 11 is 0. The van der Waals surface area contributed by atoms with E-state index in [-0.39, 0.29) is 11.3 Å². The SMILES string of the molecule is Cc1c(O)c(=O)c(C(C)O)cn1C. The Hall–Kier alpha value is -1.29. The number of aliphatic hydroxyl groups is 1. The zero-order valence-corrected chi connectivity index (χ0v) is 7.90. The fourth-order valence-corrected chi connectivity index (χ4v) is 1.13. The van der Waals surface area contributed by atoms with E-state index in [0.717, 1.165) is 0 Å². The molecule has 0 bridgehead atoms. The molecule has 4 nitrogen and oxygen atoms in total. The lowest BCUT2D eigenvalue weighted by Crippen LogP contribution is -2.16. The van der Waals surface area contributed by atoms with Gasteiger partial charge >= 0.3 is 0 Å². The Labute approximate surface area is 76.1 Å². The Morgan fingerprint density at radius 3 is 2.54 bits per heavy atom. The minimum atomic E-state index is -0.856. The van der Waals surface area contributed by atoms with Gasteiger partial charge in [-0.25, -0.2) is 0 Å². The van der Waals surface area contributed by atoms with Crippen molar-refractivity contribution in [2.45, 2.75) is 20.0 Å². The van der Waals surface area contributed by atoms with Crippen molar-refractivity contribution in [1.82, 2.24) is 4.57 Å². The van der Waals surface area contributed by atoms with Crippen molar-refractivity contribution >= 4 is 0 Å². The number of nitrogens with zero attached hydrogens (tertiary/aromatic N) is 1. The number of hydrogen-bond acceptors (Lipinski definition) is 3. The molecule has 1 atom stereocenters. The lowest BCUT2D eigenvalue weighted by Gasteiger charge is -2.10. The van der Waals surface area contributed by atoms with Crippen molar-refractivity contribution in [3.05, 3.63) is 27.7 Å². The van der Waals surface area contributed by atoms with E-state index in [2.05, 4.69) is 0 Å². The van der Waals surface area contributed by atoms with Gasteiger partial charge in [-0.05, 0) is 13.8 Å². The second-order valence-electron chi connectivity index (χ2n) is 3.13. The van der Waals surface area contributed by atoms with Gasteiger partial charge in [0.05, 0.1) is 11.8 Å². The van der Waals surface area contributed by atoms with Crippen LogP contribution in [0.1, 0.15) is 24.3 Å². The third-order valence-electron chi connectivity index (χ3n) is 2.13. The van der Waals surface area contributed by atoms with Crippen LogP contribution in [-0.4, -0.2) is 14.8 Å². The second kappa shape index (κ2) is 3.22. The van der Waals surface area contributed by atoms with Crippen molar-refractivity contribution < 1.29 is 10.2 Å². The molecule has 0 aliphatic heterocycles. The van der Waals surface area contributed by atoms with Crippen molar-refractivity contribution in [3.63, 3.8) is 0 Å². The van der Waals surface area contributed by atoms with Crippen LogP contribution in [0, 0.1) is 6.92 Å². The smallest absolute Gasteiger partial charge is 0.229 e. The zero-order chi connectivity index (χ0) is 10.2. The maximum absolute atomic E-state index is 11.4. The van der Waals surface area contributed by atoms with Crippen LogP contribution < -0.4 is 5.43 Å². The lowest BCUT2D eigenvalue weighted by molar-refractivity contribution is 0.196. The van der Waals surface area contributed by atoms with Gasteiger partial charge in [-0.1, -0.05) is 0 Å². The summed E-state index contributed by atoms with van der Waals surface area (Å²) in [6.07, 6.45) is 0.674. The molecule has 0 radical (unpaired) electrons. The molecule has 2 N–H and O–H groups in total. The minimum absolute atomic E-state index is 0.214. The van der Waals surface area contributed by atoms with Crippen LogP contribution >= 0.6 is 0 Å². The molecule has 0 amide bonds. The van der Waals surface area contributed by atoms with E-state index in [1.807, 2.05) is 0 Å². The number of aryl methyl sites for hydroxylation is 1. The summed E-state index contributed by atoms with van der Waals surface area (Å²) < 4.78 is 1.61. The molecule has 0 fully saturated rings. The number of rotatable bonds is 1. The predicted molar refractivity (Wildman–Crippen MR) is 48.7 cm³/mol. The van der Waals surface area contributed by atoms with Gasteiger partial charge in [0.2, 0.25) is 5.43 Å². The van der Waals surface area contributed by atoms with E-state index < -0.39 is 11.5 Å². The number of aliphatic hydroxyl groups excluding tert-OH is 1. The molecule has 13 heavy (non-hydrogen) atoms. The molecule has 1 aromatic rings. The van der Waals surface area contributed by atoms with Crippen molar-refractivity contribution in [2.24, 2.45) is 7.05 Å². The van der Waals surface area contributed by atoms with Crippen LogP contribution in [0.5, 0.6) is 5.75 Å². The summed E-state index contributed by atoms with van der Waals surface area (Å²) in [5.41, 5.74) is 0.214. The van der Waals surface area contributed by atoms with E-state index in [1.54, 1.807) is 18.5 Å². The first-order valence-corrected chi connectivity index (χ1v) is 4.02. The van der Waals surface area contributed by atoms with Gasteiger partial charge in [-0.2, -0.15) is 0 Å². The van der Waals surface area contributed by atoms with Crippen LogP contribution in [0.15, 0.2) is 11.0 Å². The molecule has 0 saturated heterocycles. The van der Waals surface area contributed by atoms with Crippen molar-refractivity contribution in [3.8, 4) is 5.75 Å². The highest BCUT2D eigenvalue weighted by molar-refractivity contribution is 5.31. The topological polar surface area (TPSA) is 62.5 Å². The highest BCUT2D eigenvalue weighted by atomic mass is 16.3. The van der Waals surface area contributed by atoms with Gasteiger partial charge in [0, 0.05) is 18.8 Å². The minimum Gasteiger partial charge on any atom is -0.503 e. The Balaban J connectivity index is 3.51. The lowest BCUT2D eigenvalue weighted by atomic mass is 10.1. The van der Waals surface area contributed by atoms with Gasteiger partial charge in [-0.3, -0.25) is 4.79 Å². The average molecular weight is 183 g/mol. The summed E-state index contributed by atoms with van der Waals surface area (Å²) in [6, 6.07) is 0. The summed E-state index contributed by atoms with van der Waals surface area (Å²) in [5, 5.41) is 18.6. The highest BCUT2D eigenvalue weighted by Crippen LogP contribution is 2.14. The Morgan fingerprint density at radius 1 is 1.54 bits per heavy atom. The normalized spacial score (nSPS) is 12.9. The fourth-order valence-electron chi connectivity index (χ4n) is 1.13. The Bertz CT molecular complexity index is 379. The highest BCUT2D eigenvalue weighted by Gasteiger charge is 2.12. The third kappa shape index (κ3) is 1.58. The van der Waals surface area contributed by atoms with Crippen molar-refractivity contribution in [1.29, 1.82) is 0 Å². The molecule has 1 heterocycles. The van der Waals surface area contributed by atoms with Gasteiger partial charge in [0.1, 0.15) is 0 Å². The average Bonchev–Trinajstić information content (AvgIpc) is 2.07. The van der Waals surface area contributed by atoms with Crippen molar-refractivity contribution in [2.75, 3.05) is 0 Å². The van der Waals surface area contributed by atoms with E-state index in [0.29, 0.717) is 5.69 Å². The first-order valence-electron chi connectivity index (χ1n) is 4.02. The number of pyridine rings is 1. The van der Waals surface area contributed by atoms with Gasteiger partial charge in [0.15, 0.2) is 5.75 Å². The molecule has 0 aliphatic carbocycles. The van der Waals surface area contributed by atoms with Crippen LogP contribution in [0.25, 0.3) is 0 Å². The van der Waals surface area contributed by atoms with E-state index >= 15 is 0 Å². The van der Waals surface area contributed by atoms with E-state index in [1.165, 1.54) is 13.1 Å². The van der Waals surface area contributed by atoms with Gasteiger partial charge < -0.3 is 14.8 Å². The summed E-state index contributed by atoms with van der Waals surface area (Å²) in [6.45, 7) is 3.13. The Kier molecular flexibility index (Phi) is 2.43. The molecular weight excluding hydrogens is 170 g/mol. The Morgan fingerprint density at radius 2 is 2.08 bits per heavy atom. The molecular formula is C9H13NO3. The standard InChI is InChI=1S/C9H13NO3/c1-5-8(12)9(13)7(6(2)11)4-10(5)3/h4,6,11-12H,1-3H3. The number of aromatic nitrogens is 1. The summed E-state index contributed by atoms with van der Waals surface area (Å²) in [7, 11) is 1.71. The third-order valence-corrected chi connectivity index (χ3v) is 2.13. The molecule has 0 aromatic carbocycles. The molecule has 1 rings (SSSR count). The fraction of sp³-hybridized carbons (Fsp3) is 0.444. The summed E-state index contributed by atoms with van der Waals surface area (Å²) in [4.78, 5) is 11.4. The molecule has 0 spiro atoms. The monoisotopic (exact) mass is 183 g/mol. The predicted octanol–water partition coefficient (Wildman–Crippen LogP) is 0.453. The number of aromatic hydroxyl groups is 1. The quantitative estimate of drug-likeness (QED) is 0.664. The largest absolute Gasteiger partial charge is 0.503 e. The molecule has 0 saturated carbocycles. The summed E-state index contributed by atoms with van der Waals surface area (Å²) in [5.74, 6) is -0.291. The molecule has 72 valence electrons. The molecule has 1 unspecified atom stereocenters. The zero-order valence-electron chi connectivity index (χ0n) is 7.90. The first-order chi connectivity index (χ1) is 5.95. The second-order valence-corrected chi connectivity index (χ2v) is 3.13. The molecule has 4 heteroatoms. The van der Waals surface area contributed by atoms with Gasteiger partial charge in [0.25, 0.3) is 0 Å². The van der Waals surface area contributed by atoms with E-state index in [4.69, 9.17) is 0 Å². The van der Waals surface area contributed by atoms with Gasteiger partial charge in [-0.15, -0.1) is 0 Å². The molecule has 1 aromatic heterocycles. The number of hydrogen-bond donors (Lipinski definition) is 2. The van der Waals surface area contributed by atoms with Crippen LogP contribution in [0.2, 0.25) is 0 Å². The van der Waals surface area contributed by atoms with E-state index in [9.17, 15) is 15.0 Å². The maximum Gasteiger partial charge on any atom is 0.229 e. The molecule has 0 aliphatic rings. The van der Waals surface area contributed by atoms with Crippen LogP contribution in [-0.2, 0) is 7.05 Å². The van der Waals surface area contributed by atoms with Crippen LogP contribution in [0.4, 0.5) is 0 Å². The maximum atomic E-state index is 11.4.